The van der Waals surface area contributed by atoms with Crippen molar-refractivity contribution in [1.82, 2.24) is 0 Å². The molecule has 11 heteroatoms. The van der Waals surface area contributed by atoms with Crippen LogP contribution >= 0.6 is 34.9 Å². The highest BCUT2D eigenvalue weighted by molar-refractivity contribution is 8.00. The molecule has 1 aromatic heterocycles. The summed E-state index contributed by atoms with van der Waals surface area (Å²) in [6.45, 7) is 3.82. The van der Waals surface area contributed by atoms with Crippen LogP contribution in [0.5, 0.6) is 0 Å². The molecule has 238 valence electrons. The molecule has 0 spiro atoms. The molecule has 0 fully saturated rings. The fourth-order valence-electron chi connectivity index (χ4n) is 4.14. The molecular weight excluding hydrogens is 685 g/mol. The van der Waals surface area contributed by atoms with E-state index in [1.54, 1.807) is 72.8 Å². The van der Waals surface area contributed by atoms with E-state index in [-0.39, 0.29) is 9.79 Å². The molecule has 2 N–H and O–H groups in total. The van der Waals surface area contributed by atoms with E-state index in [0.29, 0.717) is 22.9 Å². The molecule has 0 saturated carbocycles. The molecule has 0 aliphatic carbocycles. The topological polar surface area (TPSA) is 92.3 Å². The second-order valence-electron chi connectivity index (χ2n) is 10.2. The lowest BCUT2D eigenvalue weighted by Gasteiger charge is -2.11. The van der Waals surface area contributed by atoms with Crippen molar-refractivity contribution >= 4 is 66.3 Å². The SMILES string of the molecule is Cc1ccc(S(=O)(=O)Nc2ccccc2SCC#Cc2ccc(C#CCSc3ccccc3NS(=O)(=O)c3ccc(C)cc3)s2)cc1. The van der Waals surface area contributed by atoms with Crippen LogP contribution in [0.3, 0.4) is 0 Å². The van der Waals surface area contributed by atoms with E-state index in [1.165, 1.54) is 34.9 Å². The summed E-state index contributed by atoms with van der Waals surface area (Å²) in [5, 5.41) is 0. The highest BCUT2D eigenvalue weighted by Crippen LogP contribution is 2.30. The van der Waals surface area contributed by atoms with Crippen molar-refractivity contribution in [3.05, 3.63) is 130 Å². The summed E-state index contributed by atoms with van der Waals surface area (Å²) >= 11 is 4.42. The van der Waals surface area contributed by atoms with Gasteiger partial charge in [-0.2, -0.15) is 0 Å². The fourth-order valence-corrected chi connectivity index (χ4v) is 8.68. The zero-order chi connectivity index (χ0) is 33.3. The number of para-hydroxylation sites is 2. The highest BCUT2D eigenvalue weighted by atomic mass is 32.2. The summed E-state index contributed by atoms with van der Waals surface area (Å²) in [4.78, 5) is 3.76. The molecule has 47 heavy (non-hydrogen) atoms. The molecule has 0 amide bonds. The predicted molar refractivity (Wildman–Crippen MR) is 196 cm³/mol. The minimum absolute atomic E-state index is 0.212. The van der Waals surface area contributed by atoms with E-state index < -0.39 is 20.0 Å². The summed E-state index contributed by atoms with van der Waals surface area (Å²) in [7, 11) is -7.42. The van der Waals surface area contributed by atoms with Gasteiger partial charge in [-0.15, -0.1) is 34.9 Å². The third-order valence-corrected chi connectivity index (χ3v) is 12.1. The number of thiophene rings is 1. The molecule has 0 aliphatic heterocycles. The van der Waals surface area contributed by atoms with E-state index >= 15 is 0 Å². The Morgan fingerprint density at radius 1 is 0.553 bits per heavy atom. The standard InChI is InChI=1S/C36H30N2O4S5/c1-27-15-21-31(22-16-27)46(39,40)37-33-11-3-5-13-35(33)43-25-7-9-29-19-20-30(45-29)10-8-26-44-36-14-6-4-12-34(36)38-47(41,42)32-23-17-28(2)18-24-32/h3-6,11-24,37-38H,25-26H2,1-2H3. The van der Waals surface area contributed by atoms with E-state index in [4.69, 9.17) is 0 Å². The van der Waals surface area contributed by atoms with Crippen LogP contribution in [0.15, 0.2) is 129 Å². The Morgan fingerprint density at radius 3 is 1.34 bits per heavy atom. The van der Waals surface area contributed by atoms with Crippen LogP contribution in [0, 0.1) is 37.5 Å². The van der Waals surface area contributed by atoms with Gasteiger partial charge in [-0.25, -0.2) is 16.8 Å². The number of benzene rings is 4. The maximum Gasteiger partial charge on any atom is 0.261 e. The quantitative estimate of drug-likeness (QED) is 0.112. The predicted octanol–water partition coefficient (Wildman–Crippen LogP) is 8.25. The molecule has 4 aromatic carbocycles. The van der Waals surface area contributed by atoms with Gasteiger partial charge in [0.25, 0.3) is 20.0 Å². The molecule has 0 unspecified atom stereocenters. The van der Waals surface area contributed by atoms with Crippen molar-refractivity contribution in [2.45, 2.75) is 33.4 Å². The van der Waals surface area contributed by atoms with Crippen LogP contribution in [0.25, 0.3) is 0 Å². The molecule has 6 nitrogen and oxygen atoms in total. The zero-order valence-corrected chi connectivity index (χ0v) is 29.6. The van der Waals surface area contributed by atoms with Gasteiger partial charge in [0.05, 0.1) is 42.4 Å². The number of rotatable bonds is 10. The number of nitrogens with one attached hydrogen (secondary N) is 2. The van der Waals surface area contributed by atoms with Crippen molar-refractivity contribution in [3.63, 3.8) is 0 Å². The van der Waals surface area contributed by atoms with Gasteiger partial charge in [0.2, 0.25) is 0 Å². The highest BCUT2D eigenvalue weighted by Gasteiger charge is 2.17. The minimum Gasteiger partial charge on any atom is -0.278 e. The molecule has 5 rings (SSSR count). The van der Waals surface area contributed by atoms with E-state index in [9.17, 15) is 16.8 Å². The Morgan fingerprint density at radius 2 is 0.936 bits per heavy atom. The molecular formula is C36H30N2O4S5. The summed E-state index contributed by atoms with van der Waals surface area (Å²) in [5.41, 5.74) is 3.00. The molecule has 0 saturated heterocycles. The molecule has 1 heterocycles. The van der Waals surface area contributed by atoms with Crippen molar-refractivity contribution in [2.24, 2.45) is 0 Å². The van der Waals surface area contributed by atoms with Gasteiger partial charge >= 0.3 is 0 Å². The minimum atomic E-state index is -3.71. The summed E-state index contributed by atoms with van der Waals surface area (Å²) in [5.74, 6) is 13.6. The first-order chi connectivity index (χ1) is 22.6. The van der Waals surface area contributed by atoms with Crippen molar-refractivity contribution in [1.29, 1.82) is 0 Å². The monoisotopic (exact) mass is 714 g/mol. The molecule has 0 aliphatic rings. The van der Waals surface area contributed by atoms with Crippen LogP contribution in [-0.2, 0) is 20.0 Å². The van der Waals surface area contributed by atoms with Gasteiger partial charge in [0.1, 0.15) is 0 Å². The first kappa shape index (κ1) is 34.2. The van der Waals surface area contributed by atoms with Crippen LogP contribution in [-0.4, -0.2) is 28.3 Å². The van der Waals surface area contributed by atoms with Gasteiger partial charge in [0, 0.05) is 9.79 Å². The summed E-state index contributed by atoms with van der Waals surface area (Å²) in [6.07, 6.45) is 0. The Kier molecular flexibility index (Phi) is 11.4. The smallest absolute Gasteiger partial charge is 0.261 e. The normalized spacial score (nSPS) is 11.1. The second kappa shape index (κ2) is 15.7. The number of thioether (sulfide) groups is 2. The van der Waals surface area contributed by atoms with Gasteiger partial charge in [0.15, 0.2) is 0 Å². The van der Waals surface area contributed by atoms with Crippen molar-refractivity contribution in [2.75, 3.05) is 20.9 Å². The number of sulfonamides is 2. The Hall–Kier alpha value is -4.10. The lowest BCUT2D eigenvalue weighted by Crippen LogP contribution is -2.13. The van der Waals surface area contributed by atoms with Crippen molar-refractivity contribution in [3.8, 4) is 23.7 Å². The Labute approximate surface area is 289 Å². The number of anilines is 2. The van der Waals surface area contributed by atoms with Crippen LogP contribution in [0.4, 0.5) is 11.4 Å². The van der Waals surface area contributed by atoms with Gasteiger partial charge < -0.3 is 0 Å². The van der Waals surface area contributed by atoms with E-state index in [0.717, 1.165) is 30.7 Å². The average molecular weight is 715 g/mol. The van der Waals surface area contributed by atoms with Crippen molar-refractivity contribution < 1.29 is 16.8 Å². The lowest BCUT2D eigenvalue weighted by molar-refractivity contribution is 0.599. The molecule has 0 bridgehead atoms. The summed E-state index contributed by atoms with van der Waals surface area (Å²) in [6, 6.07) is 31.9. The maximum absolute atomic E-state index is 12.9. The summed E-state index contributed by atoms with van der Waals surface area (Å²) < 4.78 is 56.9. The lowest BCUT2D eigenvalue weighted by atomic mass is 10.2. The Bertz CT molecular complexity index is 2050. The van der Waals surface area contributed by atoms with Crippen LogP contribution in [0.2, 0.25) is 0 Å². The fraction of sp³-hybridized carbons (Fsp3) is 0.111. The number of hydrogen-bond acceptors (Lipinski definition) is 7. The largest absolute Gasteiger partial charge is 0.278 e. The number of aryl methyl sites for hydroxylation is 2. The average Bonchev–Trinajstić information content (AvgIpc) is 3.50. The third kappa shape index (κ3) is 9.71. The zero-order valence-electron chi connectivity index (χ0n) is 25.5. The first-order valence-corrected chi connectivity index (χ1v) is 20.0. The molecule has 0 radical (unpaired) electrons. The molecule has 0 atom stereocenters. The van der Waals surface area contributed by atoms with E-state index in [1.807, 2.05) is 50.2 Å². The Balaban J connectivity index is 1.15. The van der Waals surface area contributed by atoms with Crippen LogP contribution in [0.1, 0.15) is 20.9 Å². The van der Waals surface area contributed by atoms with Gasteiger partial charge in [-0.1, -0.05) is 83.3 Å². The van der Waals surface area contributed by atoms with E-state index in [2.05, 4.69) is 33.1 Å². The third-order valence-electron chi connectivity index (χ3n) is 6.55. The first-order valence-electron chi connectivity index (χ1n) is 14.3. The van der Waals surface area contributed by atoms with Gasteiger partial charge in [-0.05, 0) is 74.5 Å². The van der Waals surface area contributed by atoms with Gasteiger partial charge in [-0.3, -0.25) is 9.44 Å². The molecule has 5 aromatic rings. The number of hydrogen-bond donors (Lipinski definition) is 2. The van der Waals surface area contributed by atoms with Crippen LogP contribution < -0.4 is 9.44 Å². The maximum atomic E-state index is 12.9. The second-order valence-corrected chi connectivity index (χ2v) is 16.7.